The molecule has 2 aliphatic rings. The summed E-state index contributed by atoms with van der Waals surface area (Å²) in [5.74, 6) is 3.00. The summed E-state index contributed by atoms with van der Waals surface area (Å²) in [6.07, 6.45) is 0. The van der Waals surface area contributed by atoms with Gasteiger partial charge >= 0.3 is 0 Å². The van der Waals surface area contributed by atoms with E-state index in [9.17, 15) is 0 Å². The third-order valence-corrected chi connectivity index (χ3v) is 4.32. The van der Waals surface area contributed by atoms with Crippen LogP contribution >= 0.6 is 12.4 Å². The van der Waals surface area contributed by atoms with Gasteiger partial charge in [0.05, 0.1) is 6.54 Å². The Kier molecular flexibility index (Phi) is 4.24. The molecular weight excluding hydrogens is 288 g/mol. The lowest BCUT2D eigenvalue weighted by Crippen LogP contribution is -2.25. The minimum atomic E-state index is 0. The third-order valence-electron chi connectivity index (χ3n) is 4.32. The van der Waals surface area contributed by atoms with Gasteiger partial charge in [-0.2, -0.15) is 4.98 Å². The van der Waals surface area contributed by atoms with Crippen molar-refractivity contribution in [2.24, 2.45) is 11.8 Å². The van der Waals surface area contributed by atoms with Crippen LogP contribution in [0.4, 0.5) is 0 Å². The van der Waals surface area contributed by atoms with E-state index in [4.69, 9.17) is 4.52 Å². The zero-order valence-electron chi connectivity index (χ0n) is 11.7. The standard InChI is InChI=1S/C15H18N4O.ClH/c1-2-4-11(5-3-1)15-17-14(20-18-15)10-19-8-12-6-16-7-13(12)9-19;/h1-5,12-13,16H,6-10H2;1H/t12-,13+;. The fourth-order valence-electron chi connectivity index (χ4n) is 3.30. The molecule has 3 heterocycles. The van der Waals surface area contributed by atoms with Crippen LogP contribution in [0.15, 0.2) is 34.9 Å². The Bertz CT molecular complexity index is 576. The summed E-state index contributed by atoms with van der Waals surface area (Å²) >= 11 is 0. The van der Waals surface area contributed by atoms with Gasteiger partial charge in [0.2, 0.25) is 11.7 Å². The lowest BCUT2D eigenvalue weighted by atomic mass is 10.0. The largest absolute Gasteiger partial charge is 0.338 e. The first kappa shape index (κ1) is 14.5. The molecule has 2 atom stereocenters. The summed E-state index contributed by atoms with van der Waals surface area (Å²) < 4.78 is 5.38. The monoisotopic (exact) mass is 306 g/mol. The van der Waals surface area contributed by atoms with Crippen LogP contribution in [0.3, 0.4) is 0 Å². The summed E-state index contributed by atoms with van der Waals surface area (Å²) in [4.78, 5) is 6.93. The third kappa shape index (κ3) is 2.95. The summed E-state index contributed by atoms with van der Waals surface area (Å²) in [5, 5.41) is 7.53. The number of nitrogens with zero attached hydrogens (tertiary/aromatic N) is 3. The maximum atomic E-state index is 5.38. The second-order valence-electron chi connectivity index (χ2n) is 5.75. The minimum Gasteiger partial charge on any atom is -0.338 e. The van der Waals surface area contributed by atoms with Gasteiger partial charge in [-0.15, -0.1) is 12.4 Å². The van der Waals surface area contributed by atoms with Crippen LogP contribution in [0, 0.1) is 11.8 Å². The van der Waals surface area contributed by atoms with E-state index in [1.165, 1.54) is 0 Å². The highest BCUT2D eigenvalue weighted by molar-refractivity contribution is 5.85. The molecule has 21 heavy (non-hydrogen) atoms. The van der Waals surface area contributed by atoms with E-state index >= 15 is 0 Å². The molecule has 112 valence electrons. The van der Waals surface area contributed by atoms with Crippen molar-refractivity contribution >= 4 is 12.4 Å². The van der Waals surface area contributed by atoms with Gasteiger partial charge in [0.25, 0.3) is 0 Å². The van der Waals surface area contributed by atoms with Crippen molar-refractivity contribution in [2.45, 2.75) is 6.54 Å². The van der Waals surface area contributed by atoms with E-state index in [1.54, 1.807) is 0 Å². The van der Waals surface area contributed by atoms with E-state index in [-0.39, 0.29) is 12.4 Å². The Hall–Kier alpha value is -1.43. The van der Waals surface area contributed by atoms with Crippen LogP contribution in [0.2, 0.25) is 0 Å². The molecule has 0 unspecified atom stereocenters. The van der Waals surface area contributed by atoms with Crippen molar-refractivity contribution in [2.75, 3.05) is 26.2 Å². The van der Waals surface area contributed by atoms with Crippen molar-refractivity contribution in [1.82, 2.24) is 20.4 Å². The van der Waals surface area contributed by atoms with Gasteiger partial charge in [0.1, 0.15) is 0 Å². The number of hydrogen-bond acceptors (Lipinski definition) is 5. The molecule has 2 fully saturated rings. The van der Waals surface area contributed by atoms with Crippen molar-refractivity contribution in [3.8, 4) is 11.4 Å². The zero-order chi connectivity index (χ0) is 13.4. The molecule has 0 bridgehead atoms. The van der Waals surface area contributed by atoms with E-state index in [2.05, 4.69) is 20.4 Å². The molecule has 4 rings (SSSR count). The number of aromatic nitrogens is 2. The van der Waals surface area contributed by atoms with Crippen molar-refractivity contribution in [1.29, 1.82) is 0 Å². The van der Waals surface area contributed by atoms with Gasteiger partial charge in [-0.1, -0.05) is 35.5 Å². The summed E-state index contributed by atoms with van der Waals surface area (Å²) in [7, 11) is 0. The van der Waals surface area contributed by atoms with Gasteiger partial charge < -0.3 is 9.84 Å². The predicted molar refractivity (Wildman–Crippen MR) is 82.1 cm³/mol. The van der Waals surface area contributed by atoms with Gasteiger partial charge in [0, 0.05) is 18.7 Å². The maximum Gasteiger partial charge on any atom is 0.241 e. The van der Waals surface area contributed by atoms with Crippen molar-refractivity contribution in [3.05, 3.63) is 36.2 Å². The van der Waals surface area contributed by atoms with Crippen LogP contribution in [0.1, 0.15) is 5.89 Å². The lowest BCUT2D eigenvalue weighted by molar-refractivity contribution is 0.253. The molecular formula is C15H19ClN4O. The molecule has 2 saturated heterocycles. The van der Waals surface area contributed by atoms with Gasteiger partial charge in [0.15, 0.2) is 0 Å². The van der Waals surface area contributed by atoms with Crippen molar-refractivity contribution < 1.29 is 4.52 Å². The first-order chi connectivity index (χ1) is 9.88. The number of halogens is 1. The fraction of sp³-hybridized carbons (Fsp3) is 0.467. The average Bonchev–Trinajstić information content (AvgIpc) is 3.16. The quantitative estimate of drug-likeness (QED) is 0.937. The van der Waals surface area contributed by atoms with Crippen LogP contribution in [0.5, 0.6) is 0 Å². The highest BCUT2D eigenvalue weighted by Gasteiger charge is 2.36. The number of benzene rings is 1. The van der Waals surface area contributed by atoms with E-state index in [0.717, 1.165) is 56.0 Å². The SMILES string of the molecule is Cl.c1ccc(-c2noc(CN3C[C@H]4CNC[C@H]4C3)n2)cc1. The molecule has 0 aliphatic carbocycles. The van der Waals surface area contributed by atoms with E-state index in [0.29, 0.717) is 5.82 Å². The van der Waals surface area contributed by atoms with Crippen molar-refractivity contribution in [3.63, 3.8) is 0 Å². The number of fused-ring (bicyclic) bond motifs is 1. The first-order valence-corrected chi connectivity index (χ1v) is 7.19. The molecule has 5 nitrogen and oxygen atoms in total. The Morgan fingerprint density at radius 1 is 1.14 bits per heavy atom. The maximum absolute atomic E-state index is 5.38. The Morgan fingerprint density at radius 2 is 1.86 bits per heavy atom. The molecule has 0 amide bonds. The zero-order valence-corrected chi connectivity index (χ0v) is 12.6. The molecule has 1 N–H and O–H groups in total. The Balaban J connectivity index is 0.00000132. The summed E-state index contributed by atoms with van der Waals surface area (Å²) in [6, 6.07) is 9.96. The highest BCUT2D eigenvalue weighted by Crippen LogP contribution is 2.27. The van der Waals surface area contributed by atoms with Gasteiger partial charge in [-0.25, -0.2) is 0 Å². The number of nitrogens with one attached hydrogen (secondary N) is 1. The molecule has 6 heteroatoms. The topological polar surface area (TPSA) is 54.2 Å². The molecule has 0 radical (unpaired) electrons. The van der Waals surface area contributed by atoms with Crippen LogP contribution in [0.25, 0.3) is 11.4 Å². The lowest BCUT2D eigenvalue weighted by Gasteiger charge is -2.13. The molecule has 0 spiro atoms. The number of likely N-dealkylation sites (tertiary alicyclic amines) is 1. The van der Waals surface area contributed by atoms with E-state index in [1.807, 2.05) is 30.3 Å². The second kappa shape index (κ2) is 6.13. The normalized spacial score (nSPS) is 24.8. The molecule has 2 aromatic rings. The molecule has 1 aromatic carbocycles. The highest BCUT2D eigenvalue weighted by atomic mass is 35.5. The van der Waals surface area contributed by atoms with Crippen LogP contribution < -0.4 is 5.32 Å². The Morgan fingerprint density at radius 3 is 2.57 bits per heavy atom. The first-order valence-electron chi connectivity index (χ1n) is 7.19. The molecule has 0 saturated carbocycles. The summed E-state index contributed by atoms with van der Waals surface area (Å²) in [6.45, 7) is 5.36. The Labute approximate surface area is 130 Å². The predicted octanol–water partition coefficient (Wildman–Crippen LogP) is 1.81. The second-order valence-corrected chi connectivity index (χ2v) is 5.75. The van der Waals surface area contributed by atoms with Gasteiger partial charge in [-0.3, -0.25) is 4.90 Å². The van der Waals surface area contributed by atoms with E-state index < -0.39 is 0 Å². The number of hydrogen-bond donors (Lipinski definition) is 1. The summed E-state index contributed by atoms with van der Waals surface area (Å²) in [5.41, 5.74) is 1.00. The fourth-order valence-corrected chi connectivity index (χ4v) is 3.30. The minimum absolute atomic E-state index is 0. The van der Waals surface area contributed by atoms with Crippen LogP contribution in [-0.2, 0) is 6.54 Å². The number of rotatable bonds is 3. The average molecular weight is 307 g/mol. The van der Waals surface area contributed by atoms with Crippen LogP contribution in [-0.4, -0.2) is 41.2 Å². The van der Waals surface area contributed by atoms with Gasteiger partial charge in [-0.05, 0) is 24.9 Å². The molecule has 1 aromatic heterocycles. The smallest absolute Gasteiger partial charge is 0.241 e. The molecule has 2 aliphatic heterocycles.